The van der Waals surface area contributed by atoms with Gasteiger partial charge < -0.3 is 0 Å². The molecular weight excluding hydrogens is 444 g/mol. The molecule has 6 nitrogen and oxygen atoms in total. The van der Waals surface area contributed by atoms with Gasteiger partial charge in [-0.25, -0.2) is 13.3 Å². The Balaban J connectivity index is 1.76. The van der Waals surface area contributed by atoms with E-state index in [9.17, 15) is 18.0 Å². The van der Waals surface area contributed by atoms with Gasteiger partial charge in [-0.15, -0.1) is 11.3 Å². The maximum atomic E-state index is 13.4. The maximum Gasteiger partial charge on any atom is 0.253 e. The molecule has 154 valence electrons. The van der Waals surface area contributed by atoms with Crippen LogP contribution in [0.15, 0.2) is 76.3 Å². The summed E-state index contributed by atoms with van der Waals surface area (Å²) in [5.41, 5.74) is 0.971. The predicted octanol–water partition coefficient (Wildman–Crippen LogP) is 3.92. The fraction of sp³-hybridized carbons (Fsp3) is 0.143. The van der Waals surface area contributed by atoms with Gasteiger partial charge in [-0.3, -0.25) is 9.59 Å². The van der Waals surface area contributed by atoms with Gasteiger partial charge in [0.25, 0.3) is 15.9 Å². The third kappa shape index (κ3) is 3.79. The second-order valence-corrected chi connectivity index (χ2v) is 10.2. The van der Waals surface area contributed by atoms with Crippen LogP contribution in [0.1, 0.15) is 12.0 Å². The molecule has 0 spiro atoms. The van der Waals surface area contributed by atoms with Crippen molar-refractivity contribution < 1.29 is 18.0 Å². The summed E-state index contributed by atoms with van der Waals surface area (Å²) in [4.78, 5) is 27.0. The van der Waals surface area contributed by atoms with Crippen molar-refractivity contribution in [3.63, 3.8) is 0 Å². The summed E-state index contributed by atoms with van der Waals surface area (Å²) in [7, 11) is -4.02. The molecule has 0 N–H and O–H groups in total. The Labute approximate surface area is 183 Å². The summed E-state index contributed by atoms with van der Waals surface area (Å²) >= 11 is 7.32. The van der Waals surface area contributed by atoms with Gasteiger partial charge in [0.2, 0.25) is 5.91 Å². The quantitative estimate of drug-likeness (QED) is 0.522. The van der Waals surface area contributed by atoms with Crippen LogP contribution in [0.4, 0.5) is 5.69 Å². The number of anilines is 1. The lowest BCUT2D eigenvalue weighted by atomic mass is 10.2. The van der Waals surface area contributed by atoms with Crippen molar-refractivity contribution in [2.45, 2.75) is 23.2 Å². The molecule has 1 aliphatic heterocycles. The molecular formula is C21H17ClN2O4S2. The van der Waals surface area contributed by atoms with Crippen LogP contribution in [0.5, 0.6) is 0 Å². The van der Waals surface area contributed by atoms with E-state index in [2.05, 4.69) is 0 Å². The van der Waals surface area contributed by atoms with Crippen molar-refractivity contribution in [3.8, 4) is 0 Å². The average molecular weight is 461 g/mol. The molecule has 1 saturated heterocycles. The van der Waals surface area contributed by atoms with E-state index in [-0.39, 0.29) is 17.2 Å². The molecule has 0 radical (unpaired) electrons. The first-order valence-corrected chi connectivity index (χ1v) is 11.8. The van der Waals surface area contributed by atoms with Gasteiger partial charge in [-0.05, 0) is 35.2 Å². The summed E-state index contributed by atoms with van der Waals surface area (Å²) in [5, 5.41) is 2.04. The molecule has 9 heteroatoms. The van der Waals surface area contributed by atoms with Gasteiger partial charge in [0.05, 0.1) is 12.1 Å². The summed E-state index contributed by atoms with van der Waals surface area (Å²) in [6.07, 6.45) is -0.233. The minimum Gasteiger partial charge on any atom is -0.274 e. The summed E-state index contributed by atoms with van der Waals surface area (Å²) < 4.78 is 28.0. The van der Waals surface area contributed by atoms with E-state index in [1.54, 1.807) is 66.0 Å². The van der Waals surface area contributed by atoms with Crippen LogP contribution in [-0.2, 0) is 26.2 Å². The Hall–Kier alpha value is -2.52. The molecule has 0 bridgehead atoms. The first-order valence-electron chi connectivity index (χ1n) is 9.10. The Kier molecular flexibility index (Phi) is 5.75. The monoisotopic (exact) mass is 460 g/mol. The van der Waals surface area contributed by atoms with Crippen molar-refractivity contribution in [1.29, 1.82) is 0 Å². The van der Waals surface area contributed by atoms with Gasteiger partial charge in [0, 0.05) is 11.6 Å². The Morgan fingerprint density at radius 3 is 2.37 bits per heavy atom. The topological polar surface area (TPSA) is 74.8 Å². The minimum absolute atomic E-state index is 0.105. The predicted molar refractivity (Wildman–Crippen MR) is 116 cm³/mol. The molecule has 4 rings (SSSR count). The average Bonchev–Trinajstić information content (AvgIpc) is 3.37. The number of sulfonamides is 1. The number of para-hydroxylation sites is 1. The van der Waals surface area contributed by atoms with Gasteiger partial charge in [-0.2, -0.15) is 4.31 Å². The number of halogens is 1. The zero-order valence-corrected chi connectivity index (χ0v) is 18.0. The number of hydrogen-bond donors (Lipinski definition) is 0. The van der Waals surface area contributed by atoms with E-state index in [1.165, 1.54) is 6.07 Å². The second-order valence-electron chi connectivity index (χ2n) is 6.70. The van der Waals surface area contributed by atoms with E-state index in [4.69, 9.17) is 11.6 Å². The van der Waals surface area contributed by atoms with Gasteiger partial charge >= 0.3 is 0 Å². The van der Waals surface area contributed by atoms with Gasteiger partial charge in [0.1, 0.15) is 10.3 Å². The molecule has 30 heavy (non-hydrogen) atoms. The Morgan fingerprint density at radius 2 is 1.70 bits per heavy atom. The zero-order chi connectivity index (χ0) is 21.3. The number of hydrogen-bond acceptors (Lipinski definition) is 5. The van der Waals surface area contributed by atoms with Crippen LogP contribution >= 0.6 is 22.9 Å². The lowest BCUT2D eigenvalue weighted by molar-refractivity contribution is -0.122. The Morgan fingerprint density at radius 1 is 1.00 bits per heavy atom. The first-order chi connectivity index (χ1) is 14.4. The lowest BCUT2D eigenvalue weighted by Crippen LogP contribution is -2.44. The van der Waals surface area contributed by atoms with E-state index in [1.807, 2.05) is 0 Å². The van der Waals surface area contributed by atoms with E-state index >= 15 is 0 Å². The van der Waals surface area contributed by atoms with Crippen molar-refractivity contribution >= 4 is 50.5 Å². The van der Waals surface area contributed by atoms with E-state index in [0.29, 0.717) is 16.3 Å². The third-order valence-corrected chi connectivity index (χ3v) is 8.42. The van der Waals surface area contributed by atoms with Crippen LogP contribution in [-0.4, -0.2) is 30.6 Å². The maximum absolute atomic E-state index is 13.4. The molecule has 1 fully saturated rings. The number of nitrogens with zero attached hydrogens (tertiary/aromatic N) is 2. The smallest absolute Gasteiger partial charge is 0.253 e. The number of carbonyl (C=O) groups is 2. The summed E-state index contributed by atoms with van der Waals surface area (Å²) in [6.45, 7) is -0.119. The number of carbonyl (C=O) groups excluding carboxylic acids is 2. The highest BCUT2D eigenvalue weighted by atomic mass is 35.5. The molecule has 2 aromatic carbocycles. The molecule has 2 heterocycles. The Bertz CT molecular complexity index is 1180. The number of imide groups is 1. The van der Waals surface area contributed by atoms with Crippen LogP contribution in [0.3, 0.4) is 0 Å². The highest BCUT2D eigenvalue weighted by Crippen LogP contribution is 2.32. The third-order valence-electron chi connectivity index (χ3n) is 4.83. The largest absolute Gasteiger partial charge is 0.274 e. The van der Waals surface area contributed by atoms with Gasteiger partial charge in [-0.1, -0.05) is 54.1 Å². The van der Waals surface area contributed by atoms with E-state index in [0.717, 1.165) is 20.5 Å². The number of amides is 2. The summed E-state index contributed by atoms with van der Waals surface area (Å²) in [6, 6.07) is 17.3. The molecule has 0 aliphatic carbocycles. The standard InChI is InChI=1S/C21H17ClN2O4S2/c22-17-10-5-4-7-15(17)14-23(30(27,28)20-11-6-12-29-20)18-13-19(25)24(21(18)26)16-8-2-1-3-9-16/h1-12,18H,13-14H2. The number of thiophene rings is 1. The fourth-order valence-corrected chi connectivity index (χ4v) is 6.25. The van der Waals surface area contributed by atoms with Crippen molar-refractivity contribution in [3.05, 3.63) is 82.7 Å². The van der Waals surface area contributed by atoms with Crippen LogP contribution in [0, 0.1) is 0 Å². The molecule has 1 unspecified atom stereocenters. The SMILES string of the molecule is O=C1CC(N(Cc2ccccc2Cl)S(=O)(=O)c2cccs2)C(=O)N1c1ccccc1. The molecule has 0 saturated carbocycles. The highest BCUT2D eigenvalue weighted by Gasteiger charge is 2.47. The fourth-order valence-electron chi connectivity index (χ4n) is 3.37. The van der Waals surface area contributed by atoms with Crippen LogP contribution < -0.4 is 4.90 Å². The zero-order valence-electron chi connectivity index (χ0n) is 15.6. The summed E-state index contributed by atoms with van der Waals surface area (Å²) in [5.74, 6) is -1.01. The molecule has 3 aromatic rings. The molecule has 1 aromatic heterocycles. The van der Waals surface area contributed by atoms with Crippen LogP contribution in [0.25, 0.3) is 0 Å². The van der Waals surface area contributed by atoms with Crippen molar-refractivity contribution in [2.75, 3.05) is 4.90 Å². The number of benzene rings is 2. The number of rotatable bonds is 6. The normalized spacial score (nSPS) is 17.1. The first kappa shape index (κ1) is 20.7. The highest BCUT2D eigenvalue weighted by molar-refractivity contribution is 7.91. The van der Waals surface area contributed by atoms with Crippen LogP contribution in [0.2, 0.25) is 5.02 Å². The van der Waals surface area contributed by atoms with Gasteiger partial charge in [0.15, 0.2) is 0 Å². The molecule has 1 atom stereocenters. The second kappa shape index (κ2) is 8.31. The van der Waals surface area contributed by atoms with Crippen molar-refractivity contribution in [2.24, 2.45) is 0 Å². The molecule has 2 amide bonds. The molecule has 1 aliphatic rings. The van der Waals surface area contributed by atoms with E-state index < -0.39 is 27.9 Å². The van der Waals surface area contributed by atoms with Crippen molar-refractivity contribution in [1.82, 2.24) is 4.31 Å². The lowest BCUT2D eigenvalue weighted by Gasteiger charge is -2.26. The minimum atomic E-state index is -4.02.